The molecule has 5 nitrogen and oxygen atoms in total. The summed E-state index contributed by atoms with van der Waals surface area (Å²) in [5.74, 6) is 1.39. The first-order valence-corrected chi connectivity index (χ1v) is 13.4. The van der Waals surface area contributed by atoms with Crippen LogP contribution in [0.4, 0.5) is 0 Å². The normalized spacial score (nSPS) is 18.4. The van der Waals surface area contributed by atoms with Crippen LogP contribution in [0.2, 0.25) is 0 Å². The molecule has 4 aromatic rings. The number of benzene rings is 2. The number of rotatable bonds is 2. The molecule has 0 saturated heterocycles. The lowest BCUT2D eigenvalue weighted by Crippen LogP contribution is -2.38. The zero-order valence-corrected chi connectivity index (χ0v) is 21.0. The van der Waals surface area contributed by atoms with Gasteiger partial charge < -0.3 is 9.47 Å². The molecule has 2 aliphatic heterocycles. The highest BCUT2D eigenvalue weighted by molar-refractivity contribution is 9.10. The number of halogens is 1. The third-order valence-corrected chi connectivity index (χ3v) is 9.06. The summed E-state index contributed by atoms with van der Waals surface area (Å²) >= 11 is 6.74. The summed E-state index contributed by atoms with van der Waals surface area (Å²) in [5, 5.41) is 2.08. The predicted molar refractivity (Wildman–Crippen MR) is 137 cm³/mol. The molecule has 0 amide bonds. The Balaban J connectivity index is 1.47. The molecule has 2 aromatic heterocycles. The van der Waals surface area contributed by atoms with Crippen molar-refractivity contribution >= 4 is 50.4 Å². The highest BCUT2D eigenvalue weighted by Crippen LogP contribution is 2.42. The number of aryl methyl sites for hydroxylation is 1. The monoisotopic (exact) mass is 548 g/mol. The van der Waals surface area contributed by atoms with Gasteiger partial charge in [-0.05, 0) is 59.2 Å². The van der Waals surface area contributed by atoms with Gasteiger partial charge in [-0.15, -0.1) is 11.3 Å². The Morgan fingerprint density at radius 3 is 2.79 bits per heavy atom. The Morgan fingerprint density at radius 2 is 1.94 bits per heavy atom. The molecule has 168 valence electrons. The van der Waals surface area contributed by atoms with E-state index < -0.39 is 0 Å². The van der Waals surface area contributed by atoms with Gasteiger partial charge in [-0.3, -0.25) is 9.36 Å². The molecular formula is C26H17BrN2O3S2. The van der Waals surface area contributed by atoms with Crippen molar-refractivity contribution in [2.75, 3.05) is 6.79 Å². The number of aromatic nitrogens is 1. The van der Waals surface area contributed by atoms with Crippen LogP contribution < -0.4 is 24.4 Å². The SMILES string of the molecule is O=c1/c(=C/c2cc3c(cc2Br)OCO3)sc2n1[C@H](c1cccs1)C1=C(N=2)c2ccccc2CC1. The van der Waals surface area contributed by atoms with Gasteiger partial charge in [-0.2, -0.15) is 0 Å². The van der Waals surface area contributed by atoms with Crippen LogP contribution in [0.1, 0.15) is 34.0 Å². The van der Waals surface area contributed by atoms with E-state index in [9.17, 15) is 4.79 Å². The minimum atomic E-state index is -0.123. The Bertz CT molecular complexity index is 1680. The molecule has 0 saturated carbocycles. The predicted octanol–water partition coefficient (Wildman–Crippen LogP) is 4.87. The summed E-state index contributed by atoms with van der Waals surface area (Å²) in [6.07, 6.45) is 3.77. The molecule has 0 spiro atoms. The molecule has 0 N–H and O–H groups in total. The maximum Gasteiger partial charge on any atom is 0.271 e. The Labute approximate surface area is 211 Å². The van der Waals surface area contributed by atoms with Gasteiger partial charge >= 0.3 is 0 Å². The molecule has 1 aliphatic carbocycles. The van der Waals surface area contributed by atoms with Gasteiger partial charge in [0.25, 0.3) is 5.56 Å². The number of hydrogen-bond donors (Lipinski definition) is 0. The van der Waals surface area contributed by atoms with Crippen molar-refractivity contribution in [3.8, 4) is 11.5 Å². The number of hydrogen-bond acceptors (Lipinski definition) is 6. The summed E-state index contributed by atoms with van der Waals surface area (Å²) in [5.41, 5.74) is 5.61. The van der Waals surface area contributed by atoms with Crippen LogP contribution in [-0.2, 0) is 6.42 Å². The maximum absolute atomic E-state index is 13.8. The van der Waals surface area contributed by atoms with E-state index in [4.69, 9.17) is 14.5 Å². The molecule has 34 heavy (non-hydrogen) atoms. The summed E-state index contributed by atoms with van der Waals surface area (Å²) in [7, 11) is 0. The second-order valence-corrected chi connectivity index (χ2v) is 11.2. The zero-order valence-electron chi connectivity index (χ0n) is 17.8. The van der Waals surface area contributed by atoms with Gasteiger partial charge in [0.15, 0.2) is 16.3 Å². The van der Waals surface area contributed by atoms with Crippen LogP contribution in [0.5, 0.6) is 11.5 Å². The van der Waals surface area contributed by atoms with Gasteiger partial charge in [0.2, 0.25) is 6.79 Å². The Morgan fingerprint density at radius 1 is 1.09 bits per heavy atom. The number of allylic oxidation sites excluding steroid dienone is 1. The fourth-order valence-electron chi connectivity index (χ4n) is 4.90. The second-order valence-electron chi connectivity index (χ2n) is 8.36. The van der Waals surface area contributed by atoms with E-state index in [1.807, 2.05) is 22.8 Å². The van der Waals surface area contributed by atoms with Crippen LogP contribution in [-0.4, -0.2) is 11.4 Å². The smallest absolute Gasteiger partial charge is 0.271 e. The molecule has 8 heteroatoms. The fourth-order valence-corrected chi connectivity index (χ4v) is 7.18. The summed E-state index contributed by atoms with van der Waals surface area (Å²) in [6, 6.07) is 16.3. The highest BCUT2D eigenvalue weighted by Gasteiger charge is 2.33. The van der Waals surface area contributed by atoms with E-state index in [1.54, 1.807) is 11.3 Å². The van der Waals surface area contributed by atoms with E-state index in [1.165, 1.54) is 32.9 Å². The van der Waals surface area contributed by atoms with E-state index in [-0.39, 0.29) is 18.4 Å². The first-order valence-electron chi connectivity index (χ1n) is 10.9. The van der Waals surface area contributed by atoms with Crippen molar-refractivity contribution in [3.63, 3.8) is 0 Å². The van der Waals surface area contributed by atoms with E-state index in [0.29, 0.717) is 16.0 Å². The molecule has 0 radical (unpaired) electrons. The molecule has 0 fully saturated rings. The Kier molecular flexibility index (Phi) is 4.69. The third kappa shape index (κ3) is 3.09. The number of nitrogens with zero attached hydrogens (tertiary/aromatic N) is 2. The fraction of sp³-hybridized carbons (Fsp3) is 0.154. The van der Waals surface area contributed by atoms with Crippen LogP contribution in [0.3, 0.4) is 0 Å². The lowest BCUT2D eigenvalue weighted by Gasteiger charge is -2.30. The van der Waals surface area contributed by atoms with Crippen LogP contribution in [0.25, 0.3) is 11.8 Å². The van der Waals surface area contributed by atoms with Gasteiger partial charge in [-0.1, -0.05) is 57.6 Å². The van der Waals surface area contributed by atoms with Crippen molar-refractivity contribution < 1.29 is 9.47 Å². The Hall–Kier alpha value is -2.94. The minimum absolute atomic E-state index is 0.0166. The van der Waals surface area contributed by atoms with Crippen molar-refractivity contribution in [2.24, 2.45) is 4.99 Å². The van der Waals surface area contributed by atoms with Crippen molar-refractivity contribution in [3.05, 3.63) is 105 Å². The van der Waals surface area contributed by atoms with Crippen molar-refractivity contribution in [1.29, 1.82) is 0 Å². The summed E-state index contributed by atoms with van der Waals surface area (Å²) in [4.78, 5) is 20.7. The molecule has 0 bridgehead atoms. The second kappa shape index (κ2) is 7.80. The van der Waals surface area contributed by atoms with Crippen LogP contribution in [0.15, 0.2) is 73.7 Å². The van der Waals surface area contributed by atoms with E-state index in [0.717, 1.165) is 33.4 Å². The lowest BCUT2D eigenvalue weighted by atomic mass is 9.85. The maximum atomic E-state index is 13.8. The number of ether oxygens (including phenoxy) is 2. The quantitative estimate of drug-likeness (QED) is 0.359. The molecule has 1 atom stereocenters. The highest BCUT2D eigenvalue weighted by atomic mass is 79.9. The lowest BCUT2D eigenvalue weighted by molar-refractivity contribution is 0.174. The van der Waals surface area contributed by atoms with E-state index in [2.05, 4.69) is 57.7 Å². The van der Waals surface area contributed by atoms with Gasteiger partial charge in [0.1, 0.15) is 0 Å². The average Bonchev–Trinajstić information content (AvgIpc) is 3.60. The van der Waals surface area contributed by atoms with Crippen molar-refractivity contribution in [2.45, 2.75) is 18.9 Å². The van der Waals surface area contributed by atoms with Crippen LogP contribution in [0, 0.1) is 0 Å². The van der Waals surface area contributed by atoms with Gasteiger partial charge in [0.05, 0.1) is 16.3 Å². The number of fused-ring (bicyclic) bond motifs is 4. The average molecular weight is 549 g/mol. The minimum Gasteiger partial charge on any atom is -0.454 e. The molecule has 4 heterocycles. The van der Waals surface area contributed by atoms with Gasteiger partial charge in [0, 0.05) is 14.9 Å². The molecule has 3 aliphatic rings. The molecule has 2 aromatic carbocycles. The first-order chi connectivity index (χ1) is 16.7. The first kappa shape index (κ1) is 20.4. The van der Waals surface area contributed by atoms with Crippen molar-refractivity contribution in [1.82, 2.24) is 4.57 Å². The molecule has 7 rings (SSSR count). The number of thiazole rings is 1. The van der Waals surface area contributed by atoms with Gasteiger partial charge in [-0.25, -0.2) is 4.99 Å². The molecule has 0 unspecified atom stereocenters. The molecular weight excluding hydrogens is 532 g/mol. The zero-order chi connectivity index (χ0) is 22.8. The van der Waals surface area contributed by atoms with Crippen LogP contribution >= 0.6 is 38.6 Å². The summed E-state index contributed by atoms with van der Waals surface area (Å²) in [6.45, 7) is 0.210. The standard InChI is InChI=1S/C26H17BrN2O3S2/c27-18-12-20-19(31-13-32-20)10-15(18)11-22-25(30)29-24(21-6-3-9-33-21)17-8-7-14-4-1-2-5-16(14)23(17)28-26(29)34-22/h1-6,9-12,24H,7-8,13H2/b22-11-/t24-/m0/s1. The third-order valence-electron chi connectivity index (χ3n) is 6.46. The van der Waals surface area contributed by atoms with E-state index >= 15 is 0 Å². The topological polar surface area (TPSA) is 52.8 Å². The largest absolute Gasteiger partial charge is 0.454 e. The number of thiophene rings is 1. The summed E-state index contributed by atoms with van der Waals surface area (Å²) < 4.78 is 14.4.